The zero-order chi connectivity index (χ0) is 13.8. The monoisotopic (exact) mass is 269 g/mol. The Morgan fingerprint density at radius 2 is 1.95 bits per heavy atom. The predicted octanol–water partition coefficient (Wildman–Crippen LogP) is 3.72. The fraction of sp³-hybridized carbons (Fsp3) is 0.500. The molecule has 2 heteroatoms. The van der Waals surface area contributed by atoms with Crippen molar-refractivity contribution in [1.29, 1.82) is 0 Å². The molecular formula is C18H23NO. The van der Waals surface area contributed by atoms with Crippen LogP contribution in [0.5, 0.6) is 0 Å². The first-order valence-corrected chi connectivity index (χ1v) is 7.88. The number of fused-ring (bicyclic) bond motifs is 1. The van der Waals surface area contributed by atoms with E-state index in [1.54, 1.807) is 0 Å². The highest BCUT2D eigenvalue weighted by Crippen LogP contribution is 2.29. The van der Waals surface area contributed by atoms with Crippen molar-refractivity contribution in [3.63, 3.8) is 0 Å². The fourth-order valence-corrected chi connectivity index (χ4v) is 3.37. The average Bonchev–Trinajstić information content (AvgIpc) is 2.46. The van der Waals surface area contributed by atoms with Crippen LogP contribution in [0.1, 0.15) is 55.6 Å². The van der Waals surface area contributed by atoms with E-state index in [-0.39, 0.29) is 5.92 Å². The van der Waals surface area contributed by atoms with E-state index in [4.69, 9.17) is 0 Å². The first kappa shape index (κ1) is 13.6. The largest absolute Gasteiger partial charge is 0.312 e. The van der Waals surface area contributed by atoms with Crippen LogP contribution in [-0.4, -0.2) is 12.3 Å². The van der Waals surface area contributed by atoms with E-state index in [1.807, 2.05) is 0 Å². The van der Waals surface area contributed by atoms with E-state index in [2.05, 4.69) is 35.7 Å². The number of benzene rings is 1. The van der Waals surface area contributed by atoms with Crippen molar-refractivity contribution in [1.82, 2.24) is 5.32 Å². The van der Waals surface area contributed by atoms with E-state index < -0.39 is 0 Å². The Balaban J connectivity index is 1.84. The number of carbonyl (C=O) groups is 1. The van der Waals surface area contributed by atoms with Gasteiger partial charge in [0.15, 0.2) is 5.78 Å². The fourth-order valence-electron chi connectivity index (χ4n) is 3.37. The summed E-state index contributed by atoms with van der Waals surface area (Å²) in [7, 11) is 0. The molecule has 0 spiro atoms. The van der Waals surface area contributed by atoms with Crippen LogP contribution >= 0.6 is 0 Å². The summed E-state index contributed by atoms with van der Waals surface area (Å²) in [5.74, 6) is 0.372. The van der Waals surface area contributed by atoms with Gasteiger partial charge in [0.05, 0.1) is 5.92 Å². The van der Waals surface area contributed by atoms with E-state index >= 15 is 0 Å². The maximum Gasteiger partial charge on any atom is 0.167 e. The molecule has 0 amide bonds. The topological polar surface area (TPSA) is 29.1 Å². The van der Waals surface area contributed by atoms with Crippen molar-refractivity contribution in [3.8, 4) is 0 Å². The third kappa shape index (κ3) is 2.85. The molecule has 2 nitrogen and oxygen atoms in total. The van der Waals surface area contributed by atoms with Crippen LogP contribution in [0.2, 0.25) is 0 Å². The maximum absolute atomic E-state index is 12.9. The number of hydrogen-bond donors (Lipinski definition) is 1. The van der Waals surface area contributed by atoms with Crippen molar-refractivity contribution >= 4 is 5.78 Å². The van der Waals surface area contributed by atoms with E-state index in [9.17, 15) is 4.79 Å². The molecule has 0 radical (unpaired) electrons. The van der Waals surface area contributed by atoms with Crippen LogP contribution < -0.4 is 5.32 Å². The Morgan fingerprint density at radius 3 is 2.90 bits per heavy atom. The number of carbonyl (C=O) groups excluding carboxylic acids is 1. The van der Waals surface area contributed by atoms with Crippen LogP contribution in [0.3, 0.4) is 0 Å². The molecule has 1 N–H and O–H groups in total. The molecule has 1 aliphatic carbocycles. The van der Waals surface area contributed by atoms with E-state index in [0.717, 1.165) is 31.5 Å². The highest BCUT2D eigenvalue weighted by molar-refractivity contribution is 6.00. The highest BCUT2D eigenvalue weighted by atomic mass is 16.1. The van der Waals surface area contributed by atoms with Crippen molar-refractivity contribution < 1.29 is 4.79 Å². The molecule has 0 aromatic heterocycles. The quantitative estimate of drug-likeness (QED) is 0.886. The van der Waals surface area contributed by atoms with Gasteiger partial charge in [-0.05, 0) is 42.4 Å². The van der Waals surface area contributed by atoms with Crippen molar-refractivity contribution in [2.75, 3.05) is 6.54 Å². The average molecular weight is 269 g/mol. The molecule has 1 aliphatic heterocycles. The lowest BCUT2D eigenvalue weighted by molar-refractivity contribution is -0.117. The smallest absolute Gasteiger partial charge is 0.167 e. The molecule has 106 valence electrons. The second kappa shape index (κ2) is 6.36. The Labute approximate surface area is 121 Å². The second-order valence-electron chi connectivity index (χ2n) is 5.93. The van der Waals surface area contributed by atoms with Crippen molar-refractivity contribution in [2.45, 2.75) is 51.0 Å². The molecule has 1 atom stereocenters. The van der Waals surface area contributed by atoms with Crippen LogP contribution in [-0.2, 0) is 11.3 Å². The van der Waals surface area contributed by atoms with Gasteiger partial charge < -0.3 is 5.32 Å². The molecule has 3 rings (SSSR count). The summed E-state index contributed by atoms with van der Waals surface area (Å²) in [5.41, 5.74) is 3.59. The zero-order valence-electron chi connectivity index (χ0n) is 12.0. The predicted molar refractivity (Wildman–Crippen MR) is 81.7 cm³/mol. The Hall–Kier alpha value is -1.41. The molecule has 0 saturated heterocycles. The minimum absolute atomic E-state index is 0.0191. The van der Waals surface area contributed by atoms with Gasteiger partial charge in [-0.2, -0.15) is 0 Å². The Morgan fingerprint density at radius 1 is 1.10 bits per heavy atom. The maximum atomic E-state index is 12.9. The molecule has 0 saturated carbocycles. The van der Waals surface area contributed by atoms with Crippen LogP contribution in [0.15, 0.2) is 35.9 Å². The van der Waals surface area contributed by atoms with Gasteiger partial charge in [-0.3, -0.25) is 4.79 Å². The third-order valence-electron chi connectivity index (χ3n) is 4.52. The van der Waals surface area contributed by atoms with E-state index in [0.29, 0.717) is 5.78 Å². The molecule has 1 heterocycles. The molecule has 1 aromatic rings. The van der Waals surface area contributed by atoms with E-state index in [1.165, 1.54) is 36.8 Å². The number of nitrogens with one attached hydrogen (secondary N) is 1. The van der Waals surface area contributed by atoms with Crippen molar-refractivity contribution in [2.24, 2.45) is 0 Å². The van der Waals surface area contributed by atoms with Crippen LogP contribution in [0, 0.1) is 0 Å². The zero-order valence-corrected chi connectivity index (χ0v) is 12.0. The first-order chi connectivity index (χ1) is 9.86. The molecule has 1 aromatic carbocycles. The van der Waals surface area contributed by atoms with Gasteiger partial charge >= 0.3 is 0 Å². The summed E-state index contributed by atoms with van der Waals surface area (Å²) in [4.78, 5) is 12.9. The molecule has 0 bridgehead atoms. The summed E-state index contributed by atoms with van der Waals surface area (Å²) in [6, 6.07) is 8.37. The molecule has 20 heavy (non-hydrogen) atoms. The number of hydrogen-bond acceptors (Lipinski definition) is 2. The number of ketones is 1. The normalized spacial score (nSPS) is 25.8. The summed E-state index contributed by atoms with van der Waals surface area (Å²) in [5, 5.41) is 3.39. The number of allylic oxidation sites excluding steroid dienone is 2. The van der Waals surface area contributed by atoms with Gasteiger partial charge in [0, 0.05) is 13.1 Å². The minimum atomic E-state index is 0.0191. The molecular weight excluding hydrogens is 246 g/mol. The first-order valence-electron chi connectivity index (χ1n) is 7.88. The SMILES string of the molecule is O=C(/C1=C/CCCCCC1)C1CNCc2ccccc21. The van der Waals surface area contributed by atoms with Crippen LogP contribution in [0.4, 0.5) is 0 Å². The van der Waals surface area contributed by atoms with Gasteiger partial charge in [0.1, 0.15) is 0 Å². The summed E-state index contributed by atoms with van der Waals surface area (Å²) in [6.07, 6.45) is 9.23. The van der Waals surface area contributed by atoms with Gasteiger partial charge in [-0.15, -0.1) is 0 Å². The molecule has 1 unspecified atom stereocenters. The highest BCUT2D eigenvalue weighted by Gasteiger charge is 2.27. The van der Waals surface area contributed by atoms with Gasteiger partial charge in [-0.25, -0.2) is 0 Å². The number of Topliss-reactive ketones (excluding diaryl/α,β-unsaturated/α-hetero) is 1. The van der Waals surface area contributed by atoms with Gasteiger partial charge in [-0.1, -0.05) is 43.2 Å². The lowest BCUT2D eigenvalue weighted by Gasteiger charge is -2.26. The minimum Gasteiger partial charge on any atom is -0.312 e. The van der Waals surface area contributed by atoms with Crippen molar-refractivity contribution in [3.05, 3.63) is 47.0 Å². The lowest BCUT2D eigenvalue weighted by Crippen LogP contribution is -2.33. The molecule has 2 aliphatic rings. The third-order valence-corrected chi connectivity index (χ3v) is 4.52. The van der Waals surface area contributed by atoms with Crippen LogP contribution in [0.25, 0.3) is 0 Å². The Bertz CT molecular complexity index is 518. The summed E-state index contributed by atoms with van der Waals surface area (Å²) in [6.45, 7) is 1.67. The lowest BCUT2D eigenvalue weighted by atomic mass is 9.83. The number of rotatable bonds is 2. The Kier molecular flexibility index (Phi) is 4.31. The van der Waals surface area contributed by atoms with Gasteiger partial charge in [0.25, 0.3) is 0 Å². The summed E-state index contributed by atoms with van der Waals surface area (Å²) < 4.78 is 0. The summed E-state index contributed by atoms with van der Waals surface area (Å²) >= 11 is 0. The molecule has 0 fully saturated rings. The second-order valence-corrected chi connectivity index (χ2v) is 5.93. The standard InChI is InChI=1S/C18H23NO/c20-18(14-8-4-2-1-3-5-9-14)17-13-19-12-15-10-6-7-11-16(15)17/h6-8,10-11,17,19H,1-5,9,12-13H2/b14-8+. The van der Waals surface area contributed by atoms with Gasteiger partial charge in [0.2, 0.25) is 0 Å².